The predicted molar refractivity (Wildman–Crippen MR) is 52.2 cm³/mol. The highest BCUT2D eigenvalue weighted by Crippen LogP contribution is 2.00. The van der Waals surface area contributed by atoms with Gasteiger partial charge in [-0.25, -0.2) is 9.52 Å². The molecule has 0 rings (SSSR count). The fraction of sp³-hybridized carbons (Fsp3) is 0.857. The molecule has 6 nitrogen and oxygen atoms in total. The lowest BCUT2D eigenvalue weighted by molar-refractivity contribution is 0.200. The highest BCUT2D eigenvalue weighted by atomic mass is 32.2. The van der Waals surface area contributed by atoms with Crippen molar-refractivity contribution in [1.82, 2.24) is 9.03 Å². The van der Waals surface area contributed by atoms with E-state index in [2.05, 4.69) is 0 Å². The quantitative estimate of drug-likeness (QED) is 0.647. The Hall–Kier alpha value is -0.820. The molecule has 0 heterocycles. The Balaban J connectivity index is 4.08. The van der Waals surface area contributed by atoms with Crippen LogP contribution in [0.4, 0.5) is 4.79 Å². The standard InChI is InChI=1S/C7H16N2O4S/c1-3-4-5-6-9(2)14(12,13)8-7(10)11/h8H,3-6H2,1-2H3,(H,10,11). The average Bonchev–Trinajstić information content (AvgIpc) is 2.02. The summed E-state index contributed by atoms with van der Waals surface area (Å²) in [6, 6.07) is 0. The van der Waals surface area contributed by atoms with Crippen LogP contribution < -0.4 is 4.72 Å². The van der Waals surface area contributed by atoms with E-state index in [0.29, 0.717) is 6.54 Å². The Morgan fingerprint density at radius 3 is 2.43 bits per heavy atom. The summed E-state index contributed by atoms with van der Waals surface area (Å²) in [6.07, 6.45) is 1.08. The lowest BCUT2D eigenvalue weighted by atomic mass is 10.2. The normalized spacial score (nSPS) is 11.6. The fourth-order valence-corrected chi connectivity index (χ4v) is 1.64. The first-order valence-corrected chi connectivity index (χ1v) is 5.81. The molecule has 0 aromatic rings. The molecule has 0 radical (unpaired) electrons. The van der Waals surface area contributed by atoms with E-state index in [4.69, 9.17) is 5.11 Å². The van der Waals surface area contributed by atoms with Crippen molar-refractivity contribution in [3.8, 4) is 0 Å². The van der Waals surface area contributed by atoms with Crippen molar-refractivity contribution < 1.29 is 18.3 Å². The molecule has 0 saturated heterocycles. The maximum absolute atomic E-state index is 11.2. The maximum atomic E-state index is 11.2. The zero-order valence-corrected chi connectivity index (χ0v) is 9.17. The summed E-state index contributed by atoms with van der Waals surface area (Å²) in [5.74, 6) is 0. The van der Waals surface area contributed by atoms with Gasteiger partial charge in [0.05, 0.1) is 0 Å². The largest absolute Gasteiger partial charge is 0.464 e. The van der Waals surface area contributed by atoms with Gasteiger partial charge < -0.3 is 5.11 Å². The second-order valence-electron chi connectivity index (χ2n) is 2.94. The van der Waals surface area contributed by atoms with Crippen LogP contribution in [0.15, 0.2) is 0 Å². The maximum Gasteiger partial charge on any atom is 0.419 e. The molecular weight excluding hydrogens is 208 g/mol. The first-order valence-electron chi connectivity index (χ1n) is 4.37. The SMILES string of the molecule is CCCCCN(C)S(=O)(=O)NC(=O)O. The van der Waals surface area contributed by atoms with Crippen LogP contribution in [0.3, 0.4) is 0 Å². The molecule has 0 aliphatic heterocycles. The minimum absolute atomic E-state index is 0.330. The Morgan fingerprint density at radius 2 is 2.00 bits per heavy atom. The van der Waals surface area contributed by atoms with Gasteiger partial charge in [-0.2, -0.15) is 12.7 Å². The Kier molecular flexibility index (Phi) is 5.47. The monoisotopic (exact) mass is 224 g/mol. The fourth-order valence-electron chi connectivity index (χ4n) is 0.893. The van der Waals surface area contributed by atoms with Crippen molar-refractivity contribution >= 4 is 16.3 Å². The molecule has 1 amide bonds. The number of nitrogens with one attached hydrogen (secondary N) is 1. The van der Waals surface area contributed by atoms with Crippen molar-refractivity contribution in [3.05, 3.63) is 0 Å². The van der Waals surface area contributed by atoms with Crippen LogP contribution in [-0.2, 0) is 10.2 Å². The van der Waals surface area contributed by atoms with Gasteiger partial charge in [-0.3, -0.25) is 0 Å². The lowest BCUT2D eigenvalue weighted by Gasteiger charge is -2.15. The zero-order valence-electron chi connectivity index (χ0n) is 8.36. The van der Waals surface area contributed by atoms with Crippen LogP contribution in [0.25, 0.3) is 0 Å². The van der Waals surface area contributed by atoms with Crippen molar-refractivity contribution in [2.24, 2.45) is 0 Å². The number of nitrogens with zero attached hydrogens (tertiary/aromatic N) is 1. The first kappa shape index (κ1) is 13.2. The highest BCUT2D eigenvalue weighted by Gasteiger charge is 2.18. The minimum atomic E-state index is -3.86. The molecule has 0 aromatic carbocycles. The Labute approximate surface area is 84.1 Å². The molecule has 0 spiro atoms. The van der Waals surface area contributed by atoms with Crippen LogP contribution in [0.1, 0.15) is 26.2 Å². The predicted octanol–water partition coefficient (Wildman–Crippen LogP) is 0.621. The van der Waals surface area contributed by atoms with Gasteiger partial charge >= 0.3 is 16.3 Å². The molecule has 7 heteroatoms. The summed E-state index contributed by atoms with van der Waals surface area (Å²) in [6.45, 7) is 2.33. The summed E-state index contributed by atoms with van der Waals surface area (Å²) in [7, 11) is -2.51. The molecule has 0 bridgehead atoms. The topological polar surface area (TPSA) is 86.7 Å². The van der Waals surface area contributed by atoms with Gasteiger partial charge in [-0.05, 0) is 6.42 Å². The van der Waals surface area contributed by atoms with E-state index in [0.717, 1.165) is 23.6 Å². The third-order valence-electron chi connectivity index (χ3n) is 1.70. The van der Waals surface area contributed by atoms with E-state index in [1.807, 2.05) is 6.92 Å². The highest BCUT2D eigenvalue weighted by molar-refractivity contribution is 7.87. The van der Waals surface area contributed by atoms with Gasteiger partial charge in [-0.15, -0.1) is 0 Å². The molecule has 0 aliphatic rings. The molecule has 0 aromatic heterocycles. The van der Waals surface area contributed by atoms with Gasteiger partial charge in [0.25, 0.3) is 0 Å². The van der Waals surface area contributed by atoms with Gasteiger partial charge in [0.15, 0.2) is 0 Å². The van der Waals surface area contributed by atoms with Crippen LogP contribution >= 0.6 is 0 Å². The number of hydrogen-bond acceptors (Lipinski definition) is 3. The summed E-state index contributed by atoms with van der Waals surface area (Å²) in [4.78, 5) is 10.1. The van der Waals surface area contributed by atoms with Crippen LogP contribution in [0.2, 0.25) is 0 Å². The van der Waals surface area contributed by atoms with Crippen LogP contribution in [-0.4, -0.2) is 37.5 Å². The van der Waals surface area contributed by atoms with E-state index in [-0.39, 0.29) is 0 Å². The summed E-state index contributed by atoms with van der Waals surface area (Å²) < 4.78 is 24.8. The average molecular weight is 224 g/mol. The molecule has 84 valence electrons. The third kappa shape index (κ3) is 5.03. The number of hydrogen-bond donors (Lipinski definition) is 2. The van der Waals surface area contributed by atoms with Gasteiger partial charge in [0.1, 0.15) is 0 Å². The van der Waals surface area contributed by atoms with E-state index in [1.54, 1.807) is 0 Å². The molecule has 0 atom stereocenters. The van der Waals surface area contributed by atoms with Crippen LogP contribution in [0.5, 0.6) is 0 Å². The van der Waals surface area contributed by atoms with E-state index in [9.17, 15) is 13.2 Å². The lowest BCUT2D eigenvalue weighted by Crippen LogP contribution is -2.41. The number of amides is 1. The molecule has 0 aliphatic carbocycles. The first-order chi connectivity index (χ1) is 6.40. The minimum Gasteiger partial charge on any atom is -0.464 e. The van der Waals surface area contributed by atoms with Crippen LogP contribution in [0, 0.1) is 0 Å². The summed E-state index contributed by atoms with van der Waals surface area (Å²) >= 11 is 0. The van der Waals surface area contributed by atoms with E-state index < -0.39 is 16.3 Å². The van der Waals surface area contributed by atoms with Crippen molar-refractivity contribution in [2.45, 2.75) is 26.2 Å². The number of unbranched alkanes of at least 4 members (excludes halogenated alkanes) is 2. The van der Waals surface area contributed by atoms with Gasteiger partial charge in [0, 0.05) is 13.6 Å². The van der Waals surface area contributed by atoms with Crippen molar-refractivity contribution in [1.29, 1.82) is 0 Å². The van der Waals surface area contributed by atoms with Crippen molar-refractivity contribution in [3.63, 3.8) is 0 Å². The van der Waals surface area contributed by atoms with Gasteiger partial charge in [0.2, 0.25) is 0 Å². The number of carbonyl (C=O) groups is 1. The smallest absolute Gasteiger partial charge is 0.419 e. The molecule has 2 N–H and O–H groups in total. The number of rotatable bonds is 6. The van der Waals surface area contributed by atoms with E-state index >= 15 is 0 Å². The Bertz CT molecular complexity index is 275. The molecule has 14 heavy (non-hydrogen) atoms. The van der Waals surface area contributed by atoms with Crippen molar-refractivity contribution in [2.75, 3.05) is 13.6 Å². The third-order valence-corrected chi connectivity index (χ3v) is 3.14. The second kappa shape index (κ2) is 5.82. The molecule has 0 fully saturated rings. The van der Waals surface area contributed by atoms with Gasteiger partial charge in [-0.1, -0.05) is 19.8 Å². The molecule has 0 unspecified atom stereocenters. The Morgan fingerprint density at radius 1 is 1.43 bits per heavy atom. The number of carboxylic acid groups (broad SMARTS) is 1. The summed E-state index contributed by atoms with van der Waals surface area (Å²) in [5.41, 5.74) is 0. The van der Waals surface area contributed by atoms with E-state index in [1.165, 1.54) is 11.8 Å². The second-order valence-corrected chi connectivity index (χ2v) is 4.72. The molecular formula is C7H16N2O4S. The summed E-state index contributed by atoms with van der Waals surface area (Å²) in [5, 5.41) is 8.25. The molecule has 0 saturated carbocycles. The zero-order chi connectivity index (χ0) is 11.2.